The molecule has 4 aliphatic rings. The van der Waals surface area contributed by atoms with Crippen molar-refractivity contribution in [1.82, 2.24) is 4.98 Å². The maximum atomic E-state index is 6.66. The highest BCUT2D eigenvalue weighted by molar-refractivity contribution is 14.1. The van der Waals surface area contributed by atoms with E-state index in [1.807, 2.05) is 6.20 Å². The monoisotopic (exact) mass is 401 g/mol. The molecule has 1 aromatic heterocycles. The highest BCUT2D eigenvalue weighted by Gasteiger charge is 2.48. The Labute approximate surface area is 140 Å². The van der Waals surface area contributed by atoms with Crippen LogP contribution in [0, 0.1) is 21.3 Å². The summed E-state index contributed by atoms with van der Waals surface area (Å²) in [5.41, 5.74) is 2.80. The van der Waals surface area contributed by atoms with Crippen molar-refractivity contribution in [2.75, 3.05) is 0 Å². The Bertz CT molecular complexity index is 528. The summed E-state index contributed by atoms with van der Waals surface area (Å²) < 4.78 is 1.13. The lowest BCUT2D eigenvalue weighted by molar-refractivity contribution is 0.0675. The SMILES string of the molecule is CCCC1C2CC3CC1CC(C2)c1c3ncc(I)c1Cl. The van der Waals surface area contributed by atoms with Crippen LogP contribution in [0.1, 0.15) is 68.5 Å². The molecule has 0 spiro atoms. The fourth-order valence-electron chi connectivity index (χ4n) is 5.40. The van der Waals surface area contributed by atoms with E-state index in [0.29, 0.717) is 11.8 Å². The lowest BCUT2D eigenvalue weighted by Gasteiger charge is -2.45. The molecule has 20 heavy (non-hydrogen) atoms. The molecule has 2 saturated carbocycles. The molecule has 3 heteroatoms. The zero-order valence-electron chi connectivity index (χ0n) is 11.9. The Morgan fingerprint density at radius 1 is 1.20 bits per heavy atom. The van der Waals surface area contributed by atoms with Gasteiger partial charge in [-0.15, -0.1) is 0 Å². The second-order valence-electron chi connectivity index (χ2n) is 7.03. The Balaban J connectivity index is 1.79. The van der Waals surface area contributed by atoms with Gasteiger partial charge in [0.25, 0.3) is 0 Å². The Kier molecular flexibility index (Phi) is 3.53. The van der Waals surface area contributed by atoms with Crippen molar-refractivity contribution in [2.24, 2.45) is 17.8 Å². The van der Waals surface area contributed by atoms with Crippen LogP contribution in [0.2, 0.25) is 5.02 Å². The second-order valence-corrected chi connectivity index (χ2v) is 8.57. The largest absolute Gasteiger partial charge is 0.260 e. The van der Waals surface area contributed by atoms with E-state index in [4.69, 9.17) is 16.6 Å². The first-order chi connectivity index (χ1) is 9.69. The zero-order chi connectivity index (χ0) is 13.9. The van der Waals surface area contributed by atoms with Crippen LogP contribution in [0.4, 0.5) is 0 Å². The number of hydrogen-bond acceptors (Lipinski definition) is 1. The van der Waals surface area contributed by atoms with Gasteiger partial charge in [-0.2, -0.15) is 0 Å². The first-order valence-electron chi connectivity index (χ1n) is 8.02. The highest BCUT2D eigenvalue weighted by Crippen LogP contribution is 2.60. The molecule has 2 fully saturated rings. The zero-order valence-corrected chi connectivity index (χ0v) is 14.8. The predicted molar refractivity (Wildman–Crippen MR) is 91.3 cm³/mol. The first-order valence-corrected chi connectivity index (χ1v) is 9.48. The molecule has 0 radical (unpaired) electrons. The molecule has 5 rings (SSSR count). The summed E-state index contributed by atoms with van der Waals surface area (Å²) in [7, 11) is 0. The molecule has 0 aliphatic heterocycles. The van der Waals surface area contributed by atoms with Gasteiger partial charge in [0.2, 0.25) is 0 Å². The molecule has 1 heterocycles. The van der Waals surface area contributed by atoms with E-state index in [9.17, 15) is 0 Å². The molecule has 4 aliphatic carbocycles. The summed E-state index contributed by atoms with van der Waals surface area (Å²) in [6.45, 7) is 2.34. The van der Waals surface area contributed by atoms with Crippen molar-refractivity contribution < 1.29 is 0 Å². The summed E-state index contributed by atoms with van der Waals surface area (Å²) in [5, 5.41) is 1.01. The van der Waals surface area contributed by atoms with Gasteiger partial charge in [-0.05, 0) is 77.5 Å². The Morgan fingerprint density at radius 3 is 2.50 bits per heavy atom. The Hall–Kier alpha value is 0.170. The third kappa shape index (κ3) is 1.97. The van der Waals surface area contributed by atoms with Crippen molar-refractivity contribution in [2.45, 2.75) is 57.3 Å². The Morgan fingerprint density at radius 2 is 1.85 bits per heavy atom. The van der Waals surface area contributed by atoms with Crippen LogP contribution >= 0.6 is 34.2 Å². The molecule has 4 bridgehead atoms. The van der Waals surface area contributed by atoms with Gasteiger partial charge in [0.05, 0.1) is 8.59 Å². The molecule has 2 atom stereocenters. The van der Waals surface area contributed by atoms with Crippen molar-refractivity contribution in [3.63, 3.8) is 0 Å². The molecular weight excluding hydrogens is 381 g/mol. The number of rotatable bonds is 2. The topological polar surface area (TPSA) is 12.9 Å². The number of aromatic nitrogens is 1. The summed E-state index contributed by atoms with van der Waals surface area (Å²) in [5.74, 6) is 4.23. The van der Waals surface area contributed by atoms with Crippen LogP contribution in [0.3, 0.4) is 0 Å². The van der Waals surface area contributed by atoms with Crippen LogP contribution < -0.4 is 0 Å². The first kappa shape index (κ1) is 13.8. The second kappa shape index (κ2) is 5.12. The van der Waals surface area contributed by atoms with Crippen molar-refractivity contribution in [3.05, 3.63) is 26.0 Å². The van der Waals surface area contributed by atoms with E-state index < -0.39 is 0 Å². The molecule has 0 aromatic carbocycles. The molecule has 1 nitrogen and oxygen atoms in total. The van der Waals surface area contributed by atoms with Gasteiger partial charge in [-0.1, -0.05) is 31.4 Å². The standard InChI is InChI=1S/C17H21ClIN/c1-2-3-13-9-4-11-5-10(13)7-12(6-9)17-15(11)16(18)14(19)8-20-17/h8-13H,2-7H2,1H3. The molecule has 0 amide bonds. The minimum absolute atomic E-state index is 0.690. The van der Waals surface area contributed by atoms with Crippen LogP contribution in [0.25, 0.3) is 0 Å². The molecular formula is C17H21ClIN. The van der Waals surface area contributed by atoms with Crippen molar-refractivity contribution >= 4 is 34.2 Å². The van der Waals surface area contributed by atoms with Gasteiger partial charge >= 0.3 is 0 Å². The fourth-order valence-corrected chi connectivity index (χ4v) is 6.13. The van der Waals surface area contributed by atoms with E-state index in [-0.39, 0.29) is 0 Å². The minimum Gasteiger partial charge on any atom is -0.260 e. The van der Waals surface area contributed by atoms with E-state index in [1.54, 1.807) is 0 Å². The van der Waals surface area contributed by atoms with E-state index in [2.05, 4.69) is 29.5 Å². The lowest BCUT2D eigenvalue weighted by Crippen LogP contribution is -2.35. The average Bonchev–Trinajstić information content (AvgIpc) is 2.61. The third-order valence-corrected chi connectivity index (χ3v) is 7.56. The summed E-state index contributed by atoms with van der Waals surface area (Å²) in [6.07, 6.45) is 10.2. The summed E-state index contributed by atoms with van der Waals surface area (Å²) in [6, 6.07) is 0. The number of hydrogen-bond donors (Lipinski definition) is 0. The van der Waals surface area contributed by atoms with Gasteiger partial charge in [-0.25, -0.2) is 0 Å². The van der Waals surface area contributed by atoms with Crippen molar-refractivity contribution in [1.29, 1.82) is 0 Å². The van der Waals surface area contributed by atoms with E-state index in [1.165, 1.54) is 49.8 Å². The predicted octanol–water partition coefficient (Wildman–Crippen LogP) is 5.76. The smallest absolute Gasteiger partial charge is 0.0608 e. The van der Waals surface area contributed by atoms with Gasteiger partial charge in [0, 0.05) is 17.8 Å². The van der Waals surface area contributed by atoms with E-state index in [0.717, 1.165) is 26.3 Å². The quantitative estimate of drug-likeness (QED) is 0.574. The molecule has 108 valence electrons. The summed E-state index contributed by atoms with van der Waals surface area (Å²) >= 11 is 9.00. The lowest BCUT2D eigenvalue weighted by atomic mass is 9.59. The third-order valence-electron chi connectivity index (χ3n) is 6.02. The van der Waals surface area contributed by atoms with Gasteiger partial charge in [0.15, 0.2) is 0 Å². The molecule has 2 unspecified atom stereocenters. The van der Waals surface area contributed by atoms with Gasteiger partial charge < -0.3 is 0 Å². The number of pyridine rings is 1. The number of nitrogens with zero attached hydrogens (tertiary/aromatic N) is 1. The van der Waals surface area contributed by atoms with Crippen LogP contribution in [0.5, 0.6) is 0 Å². The minimum atomic E-state index is 0.690. The molecule has 0 N–H and O–H groups in total. The maximum Gasteiger partial charge on any atom is 0.0608 e. The normalized spacial score (nSPS) is 37.9. The van der Waals surface area contributed by atoms with Crippen molar-refractivity contribution in [3.8, 4) is 0 Å². The van der Waals surface area contributed by atoms with Gasteiger partial charge in [0.1, 0.15) is 0 Å². The summed E-state index contributed by atoms with van der Waals surface area (Å²) in [4.78, 5) is 4.82. The average molecular weight is 402 g/mol. The van der Waals surface area contributed by atoms with Crippen LogP contribution in [-0.4, -0.2) is 4.98 Å². The molecule has 1 aromatic rings. The van der Waals surface area contributed by atoms with E-state index >= 15 is 0 Å². The fraction of sp³-hybridized carbons (Fsp3) is 0.706. The van der Waals surface area contributed by atoms with Crippen LogP contribution in [0.15, 0.2) is 6.20 Å². The molecule has 0 saturated heterocycles. The maximum absolute atomic E-state index is 6.66. The number of halogens is 2. The van der Waals surface area contributed by atoms with Crippen LogP contribution in [-0.2, 0) is 0 Å². The van der Waals surface area contributed by atoms with Gasteiger partial charge in [-0.3, -0.25) is 4.98 Å². The highest BCUT2D eigenvalue weighted by atomic mass is 127.